The number of imidazole rings is 1. The van der Waals surface area contributed by atoms with Crippen LogP contribution in [-0.4, -0.2) is 29.2 Å². The number of sulfonamides is 1. The van der Waals surface area contributed by atoms with Crippen LogP contribution in [0.15, 0.2) is 35.5 Å². The number of nitrogens with zero attached hydrogens (tertiary/aromatic N) is 2. The third-order valence-electron chi connectivity index (χ3n) is 3.19. The van der Waals surface area contributed by atoms with E-state index in [2.05, 4.69) is 9.97 Å². The average Bonchev–Trinajstić information content (AvgIpc) is 2.86. The van der Waals surface area contributed by atoms with Crippen molar-refractivity contribution in [2.24, 2.45) is 0 Å². The lowest BCUT2D eigenvalue weighted by molar-refractivity contribution is 0.385. The molecule has 0 aliphatic carbocycles. The van der Waals surface area contributed by atoms with Gasteiger partial charge in [0.25, 0.3) is 0 Å². The summed E-state index contributed by atoms with van der Waals surface area (Å²) in [6.45, 7) is 0.730. The molecule has 0 saturated carbocycles. The summed E-state index contributed by atoms with van der Waals surface area (Å²) < 4.78 is 26.5. The smallest absolute Gasteiger partial charge is 0.244 e. The quantitative estimate of drug-likeness (QED) is 0.919. The number of hydrogen-bond donors (Lipinski definition) is 1. The molecule has 0 atom stereocenters. The number of fused-ring (bicyclic) bond motifs is 1. The van der Waals surface area contributed by atoms with Crippen LogP contribution in [0.2, 0.25) is 5.02 Å². The molecular formula is C12H12ClN3O2S. The molecule has 100 valence electrons. The van der Waals surface area contributed by atoms with Gasteiger partial charge in [-0.15, -0.1) is 0 Å². The Kier molecular flexibility index (Phi) is 3.08. The highest BCUT2D eigenvalue weighted by Crippen LogP contribution is 2.27. The molecule has 2 heterocycles. The third kappa shape index (κ3) is 2.16. The minimum Gasteiger partial charge on any atom is -0.347 e. The first kappa shape index (κ1) is 12.7. The van der Waals surface area contributed by atoms with Gasteiger partial charge in [0.1, 0.15) is 4.90 Å². The van der Waals surface area contributed by atoms with Gasteiger partial charge in [-0.2, -0.15) is 4.31 Å². The van der Waals surface area contributed by atoms with E-state index in [0.717, 1.165) is 11.4 Å². The summed E-state index contributed by atoms with van der Waals surface area (Å²) in [5, 5.41) is 0.248. The highest BCUT2D eigenvalue weighted by atomic mass is 35.5. The van der Waals surface area contributed by atoms with E-state index in [4.69, 9.17) is 11.6 Å². The fourth-order valence-corrected chi connectivity index (χ4v) is 4.09. The van der Waals surface area contributed by atoms with Gasteiger partial charge in [-0.1, -0.05) is 23.7 Å². The molecule has 1 aromatic heterocycles. The highest BCUT2D eigenvalue weighted by Gasteiger charge is 2.30. The zero-order chi connectivity index (χ0) is 13.5. The van der Waals surface area contributed by atoms with Gasteiger partial charge in [-0.3, -0.25) is 0 Å². The number of halogens is 1. The van der Waals surface area contributed by atoms with Gasteiger partial charge in [-0.25, -0.2) is 13.4 Å². The maximum atomic E-state index is 12.5. The van der Waals surface area contributed by atoms with E-state index in [1.165, 1.54) is 10.4 Å². The Hall–Kier alpha value is -1.37. The van der Waals surface area contributed by atoms with Crippen molar-refractivity contribution in [1.29, 1.82) is 0 Å². The molecule has 0 radical (unpaired) electrons. The molecule has 0 unspecified atom stereocenters. The van der Waals surface area contributed by atoms with E-state index in [1.807, 2.05) is 0 Å². The van der Waals surface area contributed by atoms with Gasteiger partial charge in [0.2, 0.25) is 10.0 Å². The molecule has 0 saturated heterocycles. The second-order valence-electron chi connectivity index (χ2n) is 4.35. The molecule has 2 aromatic rings. The largest absolute Gasteiger partial charge is 0.347 e. The molecule has 0 spiro atoms. The van der Waals surface area contributed by atoms with Gasteiger partial charge < -0.3 is 4.98 Å². The van der Waals surface area contributed by atoms with Gasteiger partial charge in [0.05, 0.1) is 29.3 Å². The van der Waals surface area contributed by atoms with Gasteiger partial charge in [0.15, 0.2) is 0 Å². The Bertz CT molecular complexity index is 711. The van der Waals surface area contributed by atoms with Gasteiger partial charge >= 0.3 is 0 Å². The van der Waals surface area contributed by atoms with Crippen molar-refractivity contribution < 1.29 is 8.42 Å². The summed E-state index contributed by atoms with van der Waals surface area (Å²) in [5.41, 5.74) is 1.78. The molecule has 3 rings (SSSR count). The van der Waals surface area contributed by atoms with Crippen molar-refractivity contribution in [3.8, 4) is 0 Å². The van der Waals surface area contributed by atoms with Crippen LogP contribution in [0.25, 0.3) is 0 Å². The highest BCUT2D eigenvalue weighted by molar-refractivity contribution is 7.89. The Morgan fingerprint density at radius 2 is 2.11 bits per heavy atom. The summed E-state index contributed by atoms with van der Waals surface area (Å²) in [4.78, 5) is 7.29. The van der Waals surface area contributed by atoms with E-state index < -0.39 is 10.0 Å². The standard InChI is InChI=1S/C12H12ClN3O2S/c13-9-3-1-2-4-12(9)19(17,18)16-6-5-10-11(7-16)15-8-14-10/h1-4,8H,5-7H2,(H,14,15). The van der Waals surface area contributed by atoms with E-state index in [1.54, 1.807) is 24.5 Å². The van der Waals surface area contributed by atoms with Crippen LogP contribution >= 0.6 is 11.6 Å². The van der Waals surface area contributed by atoms with Crippen molar-refractivity contribution >= 4 is 21.6 Å². The molecular weight excluding hydrogens is 286 g/mol. The second-order valence-corrected chi connectivity index (χ2v) is 6.66. The Labute approximate surface area is 116 Å². The van der Waals surface area contributed by atoms with E-state index in [0.29, 0.717) is 19.5 Å². The third-order valence-corrected chi connectivity index (χ3v) is 5.54. The van der Waals surface area contributed by atoms with Crippen molar-refractivity contribution in [3.63, 3.8) is 0 Å². The fourth-order valence-electron chi connectivity index (χ4n) is 2.19. The van der Waals surface area contributed by atoms with E-state index in [-0.39, 0.29) is 9.92 Å². The number of nitrogens with one attached hydrogen (secondary N) is 1. The first-order valence-corrected chi connectivity index (χ1v) is 7.66. The number of hydrogen-bond acceptors (Lipinski definition) is 3. The Morgan fingerprint density at radius 3 is 2.89 bits per heavy atom. The molecule has 0 amide bonds. The normalized spacial score (nSPS) is 16.3. The van der Waals surface area contributed by atoms with Crippen molar-refractivity contribution in [2.45, 2.75) is 17.9 Å². The zero-order valence-corrected chi connectivity index (χ0v) is 11.6. The summed E-state index contributed by atoms with van der Waals surface area (Å²) in [5.74, 6) is 0. The van der Waals surface area contributed by atoms with Crippen molar-refractivity contribution in [1.82, 2.24) is 14.3 Å². The average molecular weight is 298 g/mol. The van der Waals surface area contributed by atoms with Crippen LogP contribution in [0, 0.1) is 0 Å². The van der Waals surface area contributed by atoms with Crippen LogP contribution in [-0.2, 0) is 23.0 Å². The van der Waals surface area contributed by atoms with Crippen LogP contribution in [0.1, 0.15) is 11.4 Å². The number of aromatic amines is 1. The lowest BCUT2D eigenvalue weighted by atomic mass is 10.2. The number of rotatable bonds is 2. The summed E-state index contributed by atoms with van der Waals surface area (Å²) in [6.07, 6.45) is 2.21. The predicted octanol–water partition coefficient (Wildman–Crippen LogP) is 1.81. The molecule has 1 aliphatic heterocycles. The topological polar surface area (TPSA) is 66.1 Å². The predicted molar refractivity (Wildman–Crippen MR) is 71.3 cm³/mol. The number of aromatic nitrogens is 2. The van der Waals surface area contributed by atoms with Crippen LogP contribution < -0.4 is 0 Å². The maximum Gasteiger partial charge on any atom is 0.244 e. The minimum absolute atomic E-state index is 0.152. The van der Waals surface area contributed by atoms with Crippen molar-refractivity contribution in [3.05, 3.63) is 47.0 Å². The molecule has 1 aromatic carbocycles. The lowest BCUT2D eigenvalue weighted by Gasteiger charge is -2.25. The summed E-state index contributed by atoms with van der Waals surface area (Å²) in [7, 11) is -3.56. The van der Waals surface area contributed by atoms with E-state index >= 15 is 0 Å². The number of benzene rings is 1. The van der Waals surface area contributed by atoms with Crippen LogP contribution in [0.4, 0.5) is 0 Å². The molecule has 0 bridgehead atoms. The van der Waals surface area contributed by atoms with Gasteiger partial charge in [0, 0.05) is 13.0 Å². The molecule has 1 aliphatic rings. The molecule has 0 fully saturated rings. The molecule has 5 nitrogen and oxygen atoms in total. The molecule has 1 N–H and O–H groups in total. The second kappa shape index (κ2) is 4.63. The maximum absolute atomic E-state index is 12.5. The molecule has 7 heteroatoms. The minimum atomic E-state index is -3.56. The first-order chi connectivity index (χ1) is 9.09. The fraction of sp³-hybridized carbons (Fsp3) is 0.250. The van der Waals surface area contributed by atoms with Gasteiger partial charge in [-0.05, 0) is 12.1 Å². The summed E-state index contributed by atoms with van der Waals surface area (Å²) >= 11 is 5.98. The SMILES string of the molecule is O=S(=O)(c1ccccc1Cl)N1CCc2nc[nH]c2C1. The van der Waals surface area contributed by atoms with Crippen molar-refractivity contribution in [2.75, 3.05) is 6.54 Å². The Balaban J connectivity index is 1.97. The molecule has 19 heavy (non-hydrogen) atoms. The van der Waals surface area contributed by atoms with Crippen LogP contribution in [0.3, 0.4) is 0 Å². The first-order valence-electron chi connectivity index (χ1n) is 5.85. The lowest BCUT2D eigenvalue weighted by Crippen LogP contribution is -2.36. The summed E-state index contributed by atoms with van der Waals surface area (Å²) in [6, 6.07) is 6.50. The zero-order valence-electron chi connectivity index (χ0n) is 10.0. The van der Waals surface area contributed by atoms with E-state index in [9.17, 15) is 8.42 Å². The number of H-pyrrole nitrogens is 1. The Morgan fingerprint density at radius 1 is 1.32 bits per heavy atom. The monoisotopic (exact) mass is 297 g/mol. The van der Waals surface area contributed by atoms with Crippen LogP contribution in [0.5, 0.6) is 0 Å².